The molecule has 1 fully saturated rings. The summed E-state index contributed by atoms with van der Waals surface area (Å²) in [5.41, 5.74) is 11.2. The van der Waals surface area contributed by atoms with Crippen molar-refractivity contribution in [1.29, 1.82) is 0 Å². The zero-order valence-electron chi connectivity index (χ0n) is 17.2. The number of rotatable bonds is 7. The predicted molar refractivity (Wildman–Crippen MR) is 121 cm³/mol. The lowest BCUT2D eigenvalue weighted by Gasteiger charge is -2.09. The summed E-state index contributed by atoms with van der Waals surface area (Å²) < 4.78 is 3.76. The van der Waals surface area contributed by atoms with Crippen LogP contribution in [0, 0.1) is 5.92 Å². The van der Waals surface area contributed by atoms with Gasteiger partial charge in [0, 0.05) is 30.2 Å². The number of nitrogens with two attached hydrogens (primary N) is 1. The third kappa shape index (κ3) is 4.39. The molecule has 3 heterocycles. The van der Waals surface area contributed by atoms with Gasteiger partial charge in [-0.2, -0.15) is 10.2 Å². The van der Waals surface area contributed by atoms with E-state index < -0.39 is 0 Å². The maximum atomic E-state index is 6.46. The molecular formula is C22H23ClN8. The van der Waals surface area contributed by atoms with Crippen molar-refractivity contribution in [3.8, 4) is 11.3 Å². The van der Waals surface area contributed by atoms with Crippen LogP contribution in [0.4, 0.5) is 17.3 Å². The van der Waals surface area contributed by atoms with E-state index in [2.05, 4.69) is 25.5 Å². The van der Waals surface area contributed by atoms with Crippen LogP contribution in [-0.4, -0.2) is 29.5 Å². The van der Waals surface area contributed by atoms with Crippen LogP contribution in [0.2, 0.25) is 5.02 Å². The van der Waals surface area contributed by atoms with E-state index in [0.29, 0.717) is 23.2 Å². The maximum Gasteiger partial charge on any atom is 0.227 e. The molecule has 0 bridgehead atoms. The Balaban J connectivity index is 1.35. The van der Waals surface area contributed by atoms with Gasteiger partial charge in [0.25, 0.3) is 0 Å². The SMILES string of the molecule is Cn1ncc(-c2nc(Nc3cnn(Cc4ccc(N)cc4)c3)ncc2Cl)c1CC1CC1. The van der Waals surface area contributed by atoms with E-state index in [-0.39, 0.29) is 0 Å². The number of hydrogen-bond acceptors (Lipinski definition) is 6. The average Bonchev–Trinajstić information content (AvgIpc) is 3.37. The fourth-order valence-corrected chi connectivity index (χ4v) is 3.76. The standard InChI is InChI=1S/C22H23ClN8/c1-30-20(8-14-2-3-14)18(10-26-30)21-19(23)11-25-22(29-21)28-17-9-27-31(13-17)12-15-4-6-16(24)7-5-15/h4-7,9-11,13-14H,2-3,8,12,24H2,1H3,(H,25,28,29). The molecule has 4 aromatic rings. The molecule has 3 aromatic heterocycles. The van der Waals surface area contributed by atoms with Crippen molar-refractivity contribution >= 4 is 28.9 Å². The maximum absolute atomic E-state index is 6.46. The van der Waals surface area contributed by atoms with Crippen molar-refractivity contribution in [1.82, 2.24) is 29.5 Å². The number of aryl methyl sites for hydroxylation is 1. The van der Waals surface area contributed by atoms with Gasteiger partial charge in [-0.1, -0.05) is 23.7 Å². The Labute approximate surface area is 185 Å². The van der Waals surface area contributed by atoms with E-state index in [1.165, 1.54) is 12.8 Å². The minimum atomic E-state index is 0.465. The number of hydrogen-bond donors (Lipinski definition) is 2. The third-order valence-corrected chi connectivity index (χ3v) is 5.73. The van der Waals surface area contributed by atoms with Gasteiger partial charge < -0.3 is 11.1 Å². The molecule has 5 rings (SSSR count). The van der Waals surface area contributed by atoms with Gasteiger partial charge in [0.15, 0.2) is 0 Å². The molecule has 1 aliphatic rings. The highest BCUT2D eigenvalue weighted by atomic mass is 35.5. The van der Waals surface area contributed by atoms with Crippen molar-refractivity contribution in [3.63, 3.8) is 0 Å². The van der Waals surface area contributed by atoms with Gasteiger partial charge in [0.05, 0.1) is 41.5 Å². The molecular weight excluding hydrogens is 412 g/mol. The van der Waals surface area contributed by atoms with E-state index >= 15 is 0 Å². The van der Waals surface area contributed by atoms with Crippen LogP contribution < -0.4 is 11.1 Å². The Morgan fingerprint density at radius 1 is 1.13 bits per heavy atom. The molecule has 0 amide bonds. The van der Waals surface area contributed by atoms with Gasteiger partial charge in [0.2, 0.25) is 5.95 Å². The highest BCUT2D eigenvalue weighted by molar-refractivity contribution is 6.33. The molecule has 0 radical (unpaired) electrons. The molecule has 0 spiro atoms. The first kappa shape index (κ1) is 19.6. The summed E-state index contributed by atoms with van der Waals surface area (Å²) in [4.78, 5) is 9.02. The van der Waals surface area contributed by atoms with E-state index in [1.54, 1.807) is 12.4 Å². The number of nitrogens with zero attached hydrogens (tertiary/aromatic N) is 6. The van der Waals surface area contributed by atoms with Crippen molar-refractivity contribution in [2.24, 2.45) is 13.0 Å². The Morgan fingerprint density at radius 3 is 2.71 bits per heavy atom. The van der Waals surface area contributed by atoms with Crippen LogP contribution in [0.5, 0.6) is 0 Å². The molecule has 8 nitrogen and oxygen atoms in total. The summed E-state index contributed by atoms with van der Waals surface area (Å²) in [7, 11) is 1.96. The Hall–Kier alpha value is -3.39. The van der Waals surface area contributed by atoms with Crippen LogP contribution in [0.15, 0.2) is 49.1 Å². The van der Waals surface area contributed by atoms with Gasteiger partial charge >= 0.3 is 0 Å². The lowest BCUT2D eigenvalue weighted by Crippen LogP contribution is -2.03. The second-order valence-corrected chi connectivity index (χ2v) is 8.37. The first-order valence-corrected chi connectivity index (χ1v) is 10.6. The number of nitrogens with one attached hydrogen (secondary N) is 1. The molecule has 0 saturated heterocycles. The number of halogens is 1. The van der Waals surface area contributed by atoms with Crippen molar-refractivity contribution < 1.29 is 0 Å². The van der Waals surface area contributed by atoms with Crippen molar-refractivity contribution in [3.05, 3.63) is 65.3 Å². The van der Waals surface area contributed by atoms with E-state index in [1.807, 2.05) is 53.1 Å². The lowest BCUT2D eigenvalue weighted by molar-refractivity contribution is 0.677. The smallest absolute Gasteiger partial charge is 0.227 e. The summed E-state index contributed by atoms with van der Waals surface area (Å²) in [6.45, 7) is 0.648. The second kappa shape index (κ2) is 8.03. The van der Waals surface area contributed by atoms with Gasteiger partial charge in [-0.15, -0.1) is 0 Å². The molecule has 158 valence electrons. The van der Waals surface area contributed by atoms with Crippen molar-refractivity contribution in [2.75, 3.05) is 11.1 Å². The summed E-state index contributed by atoms with van der Waals surface area (Å²) in [6.07, 6.45) is 10.7. The minimum Gasteiger partial charge on any atom is -0.399 e. The van der Waals surface area contributed by atoms with Crippen LogP contribution in [0.25, 0.3) is 11.3 Å². The lowest BCUT2D eigenvalue weighted by atomic mass is 10.1. The quantitative estimate of drug-likeness (QED) is 0.425. The fraction of sp³-hybridized carbons (Fsp3) is 0.273. The number of aromatic nitrogens is 6. The zero-order valence-corrected chi connectivity index (χ0v) is 17.9. The van der Waals surface area contributed by atoms with E-state index in [9.17, 15) is 0 Å². The number of nitrogen functional groups attached to an aromatic ring is 1. The van der Waals surface area contributed by atoms with Gasteiger partial charge in [-0.25, -0.2) is 9.97 Å². The zero-order chi connectivity index (χ0) is 21.4. The molecule has 1 aliphatic carbocycles. The Kier molecular flexibility index (Phi) is 5.07. The summed E-state index contributed by atoms with van der Waals surface area (Å²) in [6, 6.07) is 7.76. The molecule has 1 aromatic carbocycles. The molecule has 9 heteroatoms. The van der Waals surface area contributed by atoms with Crippen molar-refractivity contribution in [2.45, 2.75) is 25.8 Å². The Morgan fingerprint density at radius 2 is 1.94 bits per heavy atom. The summed E-state index contributed by atoms with van der Waals surface area (Å²) in [5, 5.41) is 12.6. The predicted octanol–water partition coefficient (Wildman–Crippen LogP) is 4.05. The average molecular weight is 435 g/mol. The van der Waals surface area contributed by atoms with Gasteiger partial charge in [-0.05, 0) is 42.9 Å². The monoisotopic (exact) mass is 434 g/mol. The van der Waals surface area contributed by atoms with Crippen LogP contribution >= 0.6 is 11.6 Å². The summed E-state index contributed by atoms with van der Waals surface area (Å²) in [5.74, 6) is 1.20. The number of benzene rings is 1. The first-order chi connectivity index (χ1) is 15.0. The second-order valence-electron chi connectivity index (χ2n) is 7.96. The van der Waals surface area contributed by atoms with E-state index in [4.69, 9.17) is 17.3 Å². The van der Waals surface area contributed by atoms with Crippen LogP contribution in [0.3, 0.4) is 0 Å². The summed E-state index contributed by atoms with van der Waals surface area (Å²) >= 11 is 6.46. The Bertz CT molecular complexity index is 1210. The highest BCUT2D eigenvalue weighted by Crippen LogP contribution is 2.37. The molecule has 1 saturated carbocycles. The normalized spacial score (nSPS) is 13.5. The molecule has 0 unspecified atom stereocenters. The van der Waals surface area contributed by atoms with E-state index in [0.717, 1.165) is 40.5 Å². The third-order valence-electron chi connectivity index (χ3n) is 5.45. The van der Waals surface area contributed by atoms with Gasteiger partial charge in [-0.3, -0.25) is 9.36 Å². The fourth-order valence-electron chi connectivity index (χ4n) is 3.57. The minimum absolute atomic E-state index is 0.465. The van der Waals surface area contributed by atoms with Gasteiger partial charge in [0.1, 0.15) is 0 Å². The highest BCUT2D eigenvalue weighted by Gasteiger charge is 2.26. The molecule has 31 heavy (non-hydrogen) atoms. The molecule has 0 atom stereocenters. The molecule has 3 N–H and O–H groups in total. The number of anilines is 3. The topological polar surface area (TPSA) is 99.5 Å². The first-order valence-electron chi connectivity index (χ1n) is 10.2. The largest absolute Gasteiger partial charge is 0.399 e. The molecule has 0 aliphatic heterocycles. The van der Waals surface area contributed by atoms with Crippen LogP contribution in [0.1, 0.15) is 24.1 Å². The van der Waals surface area contributed by atoms with Crippen LogP contribution in [-0.2, 0) is 20.0 Å².